The summed E-state index contributed by atoms with van der Waals surface area (Å²) in [6.45, 7) is 8.35. The van der Waals surface area contributed by atoms with E-state index in [-0.39, 0.29) is 17.1 Å². The second-order valence-electron chi connectivity index (χ2n) is 8.44. The topological polar surface area (TPSA) is 63.0 Å². The Bertz CT molecular complexity index is 1190. The van der Waals surface area contributed by atoms with Gasteiger partial charge in [0.2, 0.25) is 5.76 Å². The number of carbonyl (C=O) groups excluding carboxylic acids is 1. The third-order valence-electron chi connectivity index (χ3n) is 6.28. The summed E-state index contributed by atoms with van der Waals surface area (Å²) in [5.74, 6) is -0.0395. The Labute approximate surface area is 181 Å². The van der Waals surface area contributed by atoms with Crippen LogP contribution in [0.1, 0.15) is 38.9 Å². The Hall–Kier alpha value is -2.96. The molecule has 3 aromatic rings. The van der Waals surface area contributed by atoms with Crippen molar-refractivity contribution in [2.75, 3.05) is 39.4 Å². The second kappa shape index (κ2) is 7.94. The van der Waals surface area contributed by atoms with E-state index in [0.717, 1.165) is 36.3 Å². The molecule has 1 saturated heterocycles. The molecule has 2 aliphatic heterocycles. The van der Waals surface area contributed by atoms with Crippen LogP contribution < -0.4 is 5.43 Å². The number of nitrogens with zero attached hydrogens (tertiary/aromatic N) is 2. The van der Waals surface area contributed by atoms with Crippen molar-refractivity contribution in [3.8, 4) is 0 Å². The maximum atomic E-state index is 13.6. The zero-order valence-corrected chi connectivity index (χ0v) is 17.9. The van der Waals surface area contributed by atoms with Crippen molar-refractivity contribution < 1.29 is 13.9 Å². The monoisotopic (exact) mass is 418 g/mol. The quantitative estimate of drug-likeness (QED) is 0.651. The number of carbonyl (C=O) groups is 1. The molecule has 1 fully saturated rings. The largest absolute Gasteiger partial charge is 0.450 e. The summed E-state index contributed by atoms with van der Waals surface area (Å²) in [4.78, 5) is 31.1. The van der Waals surface area contributed by atoms with E-state index in [0.29, 0.717) is 36.3 Å². The summed E-state index contributed by atoms with van der Waals surface area (Å²) in [6, 6.07) is 13.1. The van der Waals surface area contributed by atoms with Gasteiger partial charge in [-0.3, -0.25) is 14.5 Å². The molecular formula is C25H26N2O4. The summed E-state index contributed by atoms with van der Waals surface area (Å²) < 4.78 is 11.5. The lowest BCUT2D eigenvalue weighted by molar-refractivity contribution is 0.0314. The van der Waals surface area contributed by atoms with Crippen LogP contribution >= 0.6 is 0 Å². The van der Waals surface area contributed by atoms with Crippen LogP contribution in [0.4, 0.5) is 0 Å². The van der Waals surface area contributed by atoms with Crippen molar-refractivity contribution in [2.45, 2.75) is 19.9 Å². The van der Waals surface area contributed by atoms with E-state index in [4.69, 9.17) is 9.15 Å². The van der Waals surface area contributed by atoms with Crippen molar-refractivity contribution in [2.24, 2.45) is 0 Å². The molecule has 6 heteroatoms. The van der Waals surface area contributed by atoms with Crippen molar-refractivity contribution in [1.29, 1.82) is 0 Å². The van der Waals surface area contributed by atoms with E-state index in [1.54, 1.807) is 11.0 Å². The molecule has 1 aromatic heterocycles. The Morgan fingerprint density at radius 1 is 0.935 bits per heavy atom. The maximum absolute atomic E-state index is 13.6. The molecule has 0 spiro atoms. The van der Waals surface area contributed by atoms with Gasteiger partial charge in [-0.2, -0.15) is 0 Å². The van der Waals surface area contributed by atoms with E-state index in [1.165, 1.54) is 0 Å². The molecule has 2 aliphatic rings. The predicted octanol–water partition coefficient (Wildman–Crippen LogP) is 3.29. The van der Waals surface area contributed by atoms with Gasteiger partial charge in [0.15, 0.2) is 5.43 Å². The predicted molar refractivity (Wildman–Crippen MR) is 119 cm³/mol. The lowest BCUT2D eigenvalue weighted by Crippen LogP contribution is -2.42. The molecule has 0 saturated carbocycles. The fourth-order valence-corrected chi connectivity index (χ4v) is 4.53. The number of ether oxygens (including phenoxy) is 1. The van der Waals surface area contributed by atoms with Crippen molar-refractivity contribution in [3.63, 3.8) is 0 Å². The molecule has 2 aromatic carbocycles. The number of hydrogen-bond donors (Lipinski definition) is 0. The van der Waals surface area contributed by atoms with Gasteiger partial charge in [0, 0.05) is 26.2 Å². The van der Waals surface area contributed by atoms with Gasteiger partial charge in [-0.05, 0) is 31.5 Å². The highest BCUT2D eigenvalue weighted by Crippen LogP contribution is 2.38. The number of amides is 1. The van der Waals surface area contributed by atoms with Crippen LogP contribution in [0, 0.1) is 13.8 Å². The maximum Gasteiger partial charge on any atom is 0.290 e. The van der Waals surface area contributed by atoms with E-state index < -0.39 is 6.04 Å². The van der Waals surface area contributed by atoms with Crippen LogP contribution in [0.3, 0.4) is 0 Å². The van der Waals surface area contributed by atoms with Gasteiger partial charge >= 0.3 is 0 Å². The molecule has 3 heterocycles. The first-order valence-corrected chi connectivity index (χ1v) is 10.8. The lowest BCUT2D eigenvalue weighted by Gasteiger charge is -2.31. The van der Waals surface area contributed by atoms with Gasteiger partial charge in [-0.25, -0.2) is 0 Å². The summed E-state index contributed by atoms with van der Waals surface area (Å²) >= 11 is 0. The summed E-state index contributed by atoms with van der Waals surface area (Å²) in [7, 11) is 0. The van der Waals surface area contributed by atoms with Gasteiger partial charge in [-0.1, -0.05) is 41.5 Å². The smallest absolute Gasteiger partial charge is 0.290 e. The fourth-order valence-electron chi connectivity index (χ4n) is 4.53. The van der Waals surface area contributed by atoms with E-state index in [9.17, 15) is 9.59 Å². The normalized spacial score (nSPS) is 19.2. The molecule has 0 N–H and O–H groups in total. The van der Waals surface area contributed by atoms with Crippen molar-refractivity contribution in [1.82, 2.24) is 9.80 Å². The minimum atomic E-state index is -0.440. The number of benzene rings is 2. The number of morpholine rings is 1. The average molecular weight is 418 g/mol. The van der Waals surface area contributed by atoms with Crippen molar-refractivity contribution in [3.05, 3.63) is 80.7 Å². The third kappa shape index (κ3) is 3.56. The molecule has 0 radical (unpaired) electrons. The number of rotatable bonds is 4. The molecule has 0 bridgehead atoms. The molecule has 1 amide bonds. The molecule has 5 rings (SSSR count). The first kappa shape index (κ1) is 20.0. The molecule has 6 nitrogen and oxygen atoms in total. The second-order valence-corrected chi connectivity index (χ2v) is 8.44. The van der Waals surface area contributed by atoms with Gasteiger partial charge in [-0.15, -0.1) is 0 Å². The average Bonchev–Trinajstić information content (AvgIpc) is 3.06. The standard InChI is InChI=1S/C25H26N2O4/c1-16-3-6-18(7-4-16)22-21-23(28)19-15-17(2)5-8-20(19)31-24(21)25(29)27(22)10-9-26-11-13-30-14-12-26/h3-8,15,22H,9-14H2,1-2H3/t22-/m1/s1. The Morgan fingerprint density at radius 3 is 2.39 bits per heavy atom. The molecular weight excluding hydrogens is 392 g/mol. The van der Waals surface area contributed by atoms with Crippen LogP contribution in [-0.4, -0.2) is 55.1 Å². The number of fused-ring (bicyclic) bond motifs is 2. The lowest BCUT2D eigenvalue weighted by atomic mass is 9.97. The Morgan fingerprint density at radius 2 is 1.65 bits per heavy atom. The highest BCUT2D eigenvalue weighted by molar-refractivity contribution is 5.99. The molecule has 160 valence electrons. The minimum absolute atomic E-state index is 0.118. The van der Waals surface area contributed by atoms with Crippen LogP contribution in [0.5, 0.6) is 0 Å². The van der Waals surface area contributed by atoms with Gasteiger partial charge < -0.3 is 14.1 Å². The highest BCUT2D eigenvalue weighted by Gasteiger charge is 2.42. The summed E-state index contributed by atoms with van der Waals surface area (Å²) in [5, 5.41) is 0.527. The van der Waals surface area contributed by atoms with Gasteiger partial charge in [0.05, 0.1) is 30.2 Å². The Kier molecular flexibility index (Phi) is 5.12. The van der Waals surface area contributed by atoms with Gasteiger partial charge in [0.25, 0.3) is 5.91 Å². The van der Waals surface area contributed by atoms with Gasteiger partial charge in [0.1, 0.15) is 5.58 Å². The van der Waals surface area contributed by atoms with Crippen LogP contribution in [-0.2, 0) is 4.74 Å². The summed E-state index contributed by atoms with van der Waals surface area (Å²) in [6.07, 6.45) is 0. The summed E-state index contributed by atoms with van der Waals surface area (Å²) in [5.41, 5.74) is 3.84. The third-order valence-corrected chi connectivity index (χ3v) is 6.28. The minimum Gasteiger partial charge on any atom is -0.450 e. The van der Waals surface area contributed by atoms with Crippen LogP contribution in [0.15, 0.2) is 51.7 Å². The Balaban J connectivity index is 1.60. The van der Waals surface area contributed by atoms with Crippen molar-refractivity contribution >= 4 is 16.9 Å². The van der Waals surface area contributed by atoms with E-state index in [2.05, 4.69) is 4.90 Å². The first-order chi connectivity index (χ1) is 15.0. The first-order valence-electron chi connectivity index (χ1n) is 10.8. The van der Waals surface area contributed by atoms with Crippen LogP contribution in [0.2, 0.25) is 0 Å². The molecule has 0 aliphatic carbocycles. The van der Waals surface area contributed by atoms with E-state index in [1.807, 2.05) is 50.2 Å². The molecule has 0 unspecified atom stereocenters. The highest BCUT2D eigenvalue weighted by atomic mass is 16.5. The zero-order valence-electron chi connectivity index (χ0n) is 17.9. The molecule has 1 atom stereocenters. The van der Waals surface area contributed by atoms with Crippen LogP contribution in [0.25, 0.3) is 11.0 Å². The fraction of sp³-hybridized carbons (Fsp3) is 0.360. The van der Waals surface area contributed by atoms with E-state index >= 15 is 0 Å². The zero-order chi connectivity index (χ0) is 21.5. The SMILES string of the molecule is Cc1ccc([C@@H]2c3c(oc4ccc(C)cc4c3=O)C(=O)N2CCN2CCOCC2)cc1. The molecule has 31 heavy (non-hydrogen) atoms. The number of aryl methyl sites for hydroxylation is 2. The number of hydrogen-bond acceptors (Lipinski definition) is 5.